The summed E-state index contributed by atoms with van der Waals surface area (Å²) in [5.41, 5.74) is 1.66. The fourth-order valence-electron chi connectivity index (χ4n) is 2.68. The molecule has 0 saturated carbocycles. The van der Waals surface area contributed by atoms with Crippen LogP contribution in [0.1, 0.15) is 20.8 Å². The highest BCUT2D eigenvalue weighted by Crippen LogP contribution is 2.32. The van der Waals surface area contributed by atoms with Crippen LogP contribution in [0, 0.1) is 5.92 Å². The number of hydrogen-bond acceptors (Lipinski definition) is 6. The molecule has 0 fully saturated rings. The van der Waals surface area contributed by atoms with Crippen LogP contribution in [-0.4, -0.2) is 44.6 Å². The lowest BCUT2D eigenvalue weighted by Crippen LogP contribution is -2.28. The van der Waals surface area contributed by atoms with Crippen molar-refractivity contribution in [2.24, 2.45) is 5.92 Å². The lowest BCUT2D eigenvalue weighted by atomic mass is 10.2. The van der Waals surface area contributed by atoms with Crippen LogP contribution in [-0.2, 0) is 4.79 Å². The Balaban J connectivity index is 1.96. The fourth-order valence-corrected chi connectivity index (χ4v) is 3.46. The van der Waals surface area contributed by atoms with E-state index in [2.05, 4.69) is 34.3 Å². The molecular formula is C21H25N5O2S. The molecule has 0 spiro atoms. The summed E-state index contributed by atoms with van der Waals surface area (Å²) in [6.45, 7) is 7.27. The topological polar surface area (TPSA) is 81.9 Å². The normalized spacial score (nSPS) is 10.9. The molecule has 0 aliphatic carbocycles. The van der Waals surface area contributed by atoms with Crippen LogP contribution in [0.15, 0.2) is 53.9 Å². The van der Waals surface area contributed by atoms with Gasteiger partial charge in [-0.3, -0.25) is 14.3 Å². The van der Waals surface area contributed by atoms with E-state index in [1.165, 1.54) is 11.8 Å². The number of nitrogens with one attached hydrogen (secondary N) is 1. The highest BCUT2D eigenvalue weighted by Gasteiger charge is 2.20. The Morgan fingerprint density at radius 2 is 2.03 bits per heavy atom. The Morgan fingerprint density at radius 3 is 2.76 bits per heavy atom. The van der Waals surface area contributed by atoms with Crippen molar-refractivity contribution >= 4 is 17.7 Å². The fraction of sp³-hybridized carbons (Fsp3) is 0.333. The van der Waals surface area contributed by atoms with Crippen LogP contribution in [0.5, 0.6) is 5.75 Å². The highest BCUT2D eigenvalue weighted by molar-refractivity contribution is 7.99. The molecule has 0 aliphatic heterocycles. The third-order valence-corrected chi connectivity index (χ3v) is 4.93. The van der Waals surface area contributed by atoms with Crippen LogP contribution < -0.4 is 10.1 Å². The zero-order chi connectivity index (χ0) is 20.6. The van der Waals surface area contributed by atoms with E-state index in [1.807, 2.05) is 47.9 Å². The predicted molar refractivity (Wildman–Crippen MR) is 114 cm³/mol. The van der Waals surface area contributed by atoms with Gasteiger partial charge in [0.15, 0.2) is 11.0 Å². The molecule has 152 valence electrons. The standard InChI is InChI=1S/C21H25N5O2S/c1-4-28-18-10-6-5-9-17(18)26-20(16-8-7-11-22-13-16)24-25-21(26)29-14-19(27)23-12-15(2)3/h5-11,13,15H,4,12,14H2,1-3H3,(H,23,27). The smallest absolute Gasteiger partial charge is 0.230 e. The summed E-state index contributed by atoms with van der Waals surface area (Å²) in [7, 11) is 0. The molecule has 0 bridgehead atoms. The number of para-hydroxylation sites is 2. The van der Waals surface area contributed by atoms with Crippen molar-refractivity contribution in [3.05, 3.63) is 48.8 Å². The van der Waals surface area contributed by atoms with Gasteiger partial charge in [0.2, 0.25) is 5.91 Å². The predicted octanol–water partition coefficient (Wildman–Crippen LogP) is 3.59. The number of pyridine rings is 1. The van der Waals surface area contributed by atoms with E-state index in [9.17, 15) is 4.79 Å². The molecular weight excluding hydrogens is 386 g/mol. The first-order chi connectivity index (χ1) is 14.1. The van der Waals surface area contributed by atoms with Crippen molar-refractivity contribution in [2.75, 3.05) is 18.9 Å². The number of benzene rings is 1. The first-order valence-corrected chi connectivity index (χ1v) is 10.6. The average molecular weight is 412 g/mol. The Morgan fingerprint density at radius 1 is 1.21 bits per heavy atom. The van der Waals surface area contributed by atoms with Crippen LogP contribution in [0.4, 0.5) is 0 Å². The number of rotatable bonds is 9. The monoisotopic (exact) mass is 411 g/mol. The van der Waals surface area contributed by atoms with E-state index < -0.39 is 0 Å². The van der Waals surface area contributed by atoms with E-state index in [-0.39, 0.29) is 11.7 Å². The summed E-state index contributed by atoms with van der Waals surface area (Å²) in [4.78, 5) is 16.4. The summed E-state index contributed by atoms with van der Waals surface area (Å²) < 4.78 is 7.74. The maximum Gasteiger partial charge on any atom is 0.230 e. The number of hydrogen-bond donors (Lipinski definition) is 1. The van der Waals surface area contributed by atoms with E-state index in [4.69, 9.17) is 4.74 Å². The Kier molecular flexibility index (Phi) is 7.24. The minimum absolute atomic E-state index is 0.0285. The van der Waals surface area contributed by atoms with Crippen molar-refractivity contribution in [2.45, 2.75) is 25.9 Å². The third-order valence-electron chi connectivity index (χ3n) is 4.00. The Bertz CT molecular complexity index is 943. The second kappa shape index (κ2) is 10.1. The molecule has 0 unspecified atom stereocenters. The van der Waals surface area contributed by atoms with Crippen LogP contribution in [0.25, 0.3) is 17.1 Å². The molecule has 7 nitrogen and oxygen atoms in total. The van der Waals surface area contributed by atoms with Crippen molar-refractivity contribution in [3.8, 4) is 22.8 Å². The van der Waals surface area contributed by atoms with Crippen LogP contribution in [0.2, 0.25) is 0 Å². The molecule has 0 saturated heterocycles. The van der Waals surface area contributed by atoms with Crippen molar-refractivity contribution < 1.29 is 9.53 Å². The van der Waals surface area contributed by atoms with Gasteiger partial charge in [0.1, 0.15) is 5.75 Å². The van der Waals surface area contributed by atoms with Gasteiger partial charge in [-0.2, -0.15) is 0 Å². The molecule has 1 amide bonds. The number of aromatic nitrogens is 4. The van der Waals surface area contributed by atoms with E-state index in [0.29, 0.717) is 30.1 Å². The molecule has 2 heterocycles. The first kappa shape index (κ1) is 20.9. The molecule has 0 atom stereocenters. The molecule has 8 heteroatoms. The highest BCUT2D eigenvalue weighted by atomic mass is 32.2. The van der Waals surface area contributed by atoms with Crippen LogP contribution in [0.3, 0.4) is 0 Å². The summed E-state index contributed by atoms with van der Waals surface area (Å²) in [6.07, 6.45) is 3.46. The number of amides is 1. The minimum Gasteiger partial charge on any atom is -0.492 e. The number of carbonyl (C=O) groups is 1. The number of nitrogens with zero attached hydrogens (tertiary/aromatic N) is 4. The summed E-state index contributed by atoms with van der Waals surface area (Å²) in [5, 5.41) is 12.3. The zero-order valence-electron chi connectivity index (χ0n) is 16.8. The SMILES string of the molecule is CCOc1ccccc1-n1c(SCC(=O)NCC(C)C)nnc1-c1cccnc1. The van der Waals surface area contributed by atoms with Gasteiger partial charge in [-0.1, -0.05) is 37.7 Å². The summed E-state index contributed by atoms with van der Waals surface area (Å²) in [5.74, 6) is 2.01. The van der Waals surface area contributed by atoms with E-state index in [0.717, 1.165) is 17.0 Å². The molecule has 1 aromatic carbocycles. The second-order valence-corrected chi connectivity index (χ2v) is 7.71. The number of ether oxygens (including phenoxy) is 1. The summed E-state index contributed by atoms with van der Waals surface area (Å²) >= 11 is 1.35. The molecule has 2 aromatic heterocycles. The zero-order valence-corrected chi connectivity index (χ0v) is 17.6. The maximum absolute atomic E-state index is 12.2. The van der Waals surface area contributed by atoms with Gasteiger partial charge in [0, 0.05) is 24.5 Å². The lowest BCUT2D eigenvalue weighted by molar-refractivity contribution is -0.118. The van der Waals surface area contributed by atoms with Gasteiger partial charge < -0.3 is 10.1 Å². The van der Waals surface area contributed by atoms with Crippen molar-refractivity contribution in [1.29, 1.82) is 0 Å². The van der Waals surface area contributed by atoms with Crippen molar-refractivity contribution in [3.63, 3.8) is 0 Å². The molecule has 3 rings (SSSR count). The van der Waals surface area contributed by atoms with Gasteiger partial charge in [-0.05, 0) is 37.1 Å². The first-order valence-electron chi connectivity index (χ1n) is 9.57. The van der Waals surface area contributed by atoms with Gasteiger partial charge in [-0.15, -0.1) is 10.2 Å². The Hall–Kier alpha value is -2.87. The molecule has 0 radical (unpaired) electrons. The maximum atomic E-state index is 12.2. The van der Waals surface area contributed by atoms with Crippen LogP contribution >= 0.6 is 11.8 Å². The molecule has 3 aromatic rings. The summed E-state index contributed by atoms with van der Waals surface area (Å²) in [6, 6.07) is 11.5. The second-order valence-electron chi connectivity index (χ2n) is 6.77. The molecule has 29 heavy (non-hydrogen) atoms. The van der Waals surface area contributed by atoms with Crippen molar-refractivity contribution in [1.82, 2.24) is 25.1 Å². The number of thioether (sulfide) groups is 1. The minimum atomic E-state index is -0.0285. The average Bonchev–Trinajstić information content (AvgIpc) is 3.16. The van der Waals surface area contributed by atoms with Gasteiger partial charge in [0.05, 0.1) is 18.0 Å². The molecule has 0 aliphatic rings. The Labute approximate surface area is 174 Å². The number of carbonyl (C=O) groups excluding carboxylic acids is 1. The van der Waals surface area contributed by atoms with Gasteiger partial charge in [-0.25, -0.2) is 0 Å². The van der Waals surface area contributed by atoms with Gasteiger partial charge in [0.25, 0.3) is 0 Å². The molecule has 1 N–H and O–H groups in total. The largest absolute Gasteiger partial charge is 0.492 e. The quantitative estimate of drug-likeness (QED) is 0.542. The van der Waals surface area contributed by atoms with E-state index >= 15 is 0 Å². The lowest BCUT2D eigenvalue weighted by Gasteiger charge is -2.14. The van der Waals surface area contributed by atoms with Gasteiger partial charge >= 0.3 is 0 Å². The third kappa shape index (κ3) is 5.35. The van der Waals surface area contributed by atoms with E-state index in [1.54, 1.807) is 12.4 Å².